The SMILES string of the molecule is C1=CCOCC1.CC.FC(F)(F)c1ccc2c(c1)Oc1cc(C(F)(F)F)ccc1N2. The summed E-state index contributed by atoms with van der Waals surface area (Å²) in [5, 5.41) is 2.74. The third-order valence-corrected chi connectivity index (χ3v) is 3.92. The highest BCUT2D eigenvalue weighted by Crippen LogP contribution is 2.46. The minimum atomic E-state index is -4.56. The van der Waals surface area contributed by atoms with Crippen LogP contribution in [0.5, 0.6) is 11.5 Å². The van der Waals surface area contributed by atoms with Crippen LogP contribution in [0.25, 0.3) is 0 Å². The van der Waals surface area contributed by atoms with E-state index in [-0.39, 0.29) is 22.9 Å². The number of rotatable bonds is 0. The van der Waals surface area contributed by atoms with Crippen molar-refractivity contribution in [2.45, 2.75) is 32.6 Å². The molecular weight excluding hydrogens is 412 g/mol. The number of nitrogens with one attached hydrogen (secondary N) is 1. The van der Waals surface area contributed by atoms with E-state index in [9.17, 15) is 26.3 Å². The minimum Gasteiger partial charge on any atom is -0.453 e. The van der Waals surface area contributed by atoms with E-state index in [1.807, 2.05) is 19.9 Å². The quantitative estimate of drug-likeness (QED) is 0.293. The van der Waals surface area contributed by atoms with Gasteiger partial charge < -0.3 is 14.8 Å². The first kappa shape index (κ1) is 23.6. The van der Waals surface area contributed by atoms with Crippen molar-refractivity contribution >= 4 is 11.4 Å². The Hall–Kier alpha value is -2.68. The predicted octanol–water partition coefficient (Wildman–Crippen LogP) is 7.56. The van der Waals surface area contributed by atoms with Crippen LogP contribution in [0.4, 0.5) is 37.7 Å². The molecule has 164 valence electrons. The van der Waals surface area contributed by atoms with Crippen molar-refractivity contribution in [3.63, 3.8) is 0 Å². The second-order valence-corrected chi connectivity index (χ2v) is 5.98. The molecule has 30 heavy (non-hydrogen) atoms. The first-order valence-corrected chi connectivity index (χ1v) is 9.25. The summed E-state index contributed by atoms with van der Waals surface area (Å²) in [5.74, 6) is -0.358. The fourth-order valence-electron chi connectivity index (χ4n) is 2.52. The second-order valence-electron chi connectivity index (χ2n) is 5.98. The van der Waals surface area contributed by atoms with Gasteiger partial charge in [0.2, 0.25) is 0 Å². The molecule has 9 heteroatoms. The first-order chi connectivity index (χ1) is 14.1. The first-order valence-electron chi connectivity index (χ1n) is 9.25. The number of benzene rings is 2. The summed E-state index contributed by atoms with van der Waals surface area (Å²) in [6.45, 7) is 5.73. The third-order valence-electron chi connectivity index (χ3n) is 3.92. The van der Waals surface area contributed by atoms with Crippen molar-refractivity contribution in [1.29, 1.82) is 0 Å². The van der Waals surface area contributed by atoms with Gasteiger partial charge in [0.1, 0.15) is 0 Å². The normalized spacial score (nSPS) is 14.5. The van der Waals surface area contributed by atoms with Crippen molar-refractivity contribution in [3.05, 3.63) is 59.7 Å². The molecule has 1 N–H and O–H groups in total. The molecule has 0 bridgehead atoms. The molecule has 3 nitrogen and oxygen atoms in total. The monoisotopic (exact) mass is 433 g/mol. The molecule has 0 amide bonds. The van der Waals surface area contributed by atoms with E-state index in [2.05, 4.69) is 11.4 Å². The zero-order valence-corrected chi connectivity index (χ0v) is 16.3. The highest BCUT2D eigenvalue weighted by Gasteiger charge is 2.34. The lowest BCUT2D eigenvalue weighted by Crippen LogP contribution is -2.10. The van der Waals surface area contributed by atoms with Crippen LogP contribution in [-0.4, -0.2) is 13.2 Å². The number of ether oxygens (including phenoxy) is 2. The summed E-state index contributed by atoms with van der Waals surface area (Å²) in [7, 11) is 0. The van der Waals surface area contributed by atoms with E-state index in [0.29, 0.717) is 0 Å². The highest BCUT2D eigenvalue weighted by molar-refractivity contribution is 5.76. The lowest BCUT2D eigenvalue weighted by molar-refractivity contribution is -0.138. The number of hydrogen-bond donors (Lipinski definition) is 1. The van der Waals surface area contributed by atoms with E-state index >= 15 is 0 Å². The molecule has 2 heterocycles. The van der Waals surface area contributed by atoms with Crippen LogP contribution in [0.15, 0.2) is 48.6 Å². The molecule has 0 saturated heterocycles. The Labute approximate surface area is 170 Å². The maximum atomic E-state index is 12.6. The van der Waals surface area contributed by atoms with Gasteiger partial charge in [0, 0.05) is 0 Å². The van der Waals surface area contributed by atoms with E-state index in [1.54, 1.807) is 0 Å². The Bertz CT molecular complexity index is 805. The van der Waals surface area contributed by atoms with Crippen molar-refractivity contribution in [2.75, 3.05) is 18.5 Å². The van der Waals surface area contributed by atoms with E-state index < -0.39 is 23.5 Å². The summed E-state index contributed by atoms with van der Waals surface area (Å²) >= 11 is 0. The predicted molar refractivity (Wildman–Crippen MR) is 102 cm³/mol. The average Bonchev–Trinajstić information content (AvgIpc) is 2.73. The van der Waals surface area contributed by atoms with Gasteiger partial charge in [-0.2, -0.15) is 26.3 Å². The number of halogens is 6. The molecule has 4 rings (SSSR count). The molecule has 0 spiro atoms. The van der Waals surface area contributed by atoms with Gasteiger partial charge in [-0.1, -0.05) is 26.0 Å². The highest BCUT2D eigenvalue weighted by atomic mass is 19.4. The zero-order chi connectivity index (χ0) is 22.4. The minimum absolute atomic E-state index is 0.179. The number of fused-ring (bicyclic) bond motifs is 2. The van der Waals surface area contributed by atoms with Gasteiger partial charge in [-0.05, 0) is 42.8 Å². The maximum absolute atomic E-state index is 12.6. The molecule has 2 aliphatic rings. The molecule has 0 aliphatic carbocycles. The average molecular weight is 433 g/mol. The Morgan fingerprint density at radius 2 is 1.27 bits per heavy atom. The van der Waals surface area contributed by atoms with Crippen molar-refractivity contribution < 1.29 is 35.8 Å². The van der Waals surface area contributed by atoms with E-state index in [0.717, 1.165) is 43.9 Å². The summed E-state index contributed by atoms with van der Waals surface area (Å²) in [6.07, 6.45) is -3.84. The standard InChI is InChI=1S/C14H7F6NO.C5H8O.C2H6/c15-13(16,17)7-1-3-9-11(5-7)22-12-6-8(14(18,19)20)2-4-10(12)21-9;1-2-4-6-5-3-1;1-2/h1-6,21H;1-2H,3-5H2;1-2H3. The molecule has 0 saturated carbocycles. The molecule has 2 aromatic carbocycles. The third kappa shape index (κ3) is 6.16. The molecular formula is C21H21F6NO2. The van der Waals surface area contributed by atoms with Crippen LogP contribution in [0.1, 0.15) is 31.4 Å². The second kappa shape index (κ2) is 9.88. The van der Waals surface area contributed by atoms with Crippen molar-refractivity contribution in [1.82, 2.24) is 0 Å². The van der Waals surface area contributed by atoms with Crippen LogP contribution in [0.2, 0.25) is 0 Å². The summed E-state index contributed by atoms with van der Waals surface area (Å²) in [5.41, 5.74) is -1.38. The lowest BCUT2D eigenvalue weighted by atomic mass is 10.1. The van der Waals surface area contributed by atoms with Gasteiger partial charge in [-0.3, -0.25) is 0 Å². The molecule has 2 aromatic rings. The fourth-order valence-corrected chi connectivity index (χ4v) is 2.52. The van der Waals surface area contributed by atoms with E-state index in [4.69, 9.17) is 9.47 Å². The number of anilines is 2. The molecule has 0 radical (unpaired) electrons. The zero-order valence-electron chi connectivity index (χ0n) is 16.3. The lowest BCUT2D eigenvalue weighted by Gasteiger charge is -2.23. The Morgan fingerprint density at radius 3 is 1.57 bits per heavy atom. The Balaban J connectivity index is 0.000000340. The van der Waals surface area contributed by atoms with Gasteiger partial charge in [0.15, 0.2) is 11.5 Å². The smallest absolute Gasteiger partial charge is 0.416 e. The number of hydrogen-bond acceptors (Lipinski definition) is 3. The summed E-state index contributed by atoms with van der Waals surface area (Å²) in [4.78, 5) is 0. The van der Waals surface area contributed by atoms with Crippen LogP contribution in [-0.2, 0) is 17.1 Å². The van der Waals surface area contributed by atoms with Crippen LogP contribution >= 0.6 is 0 Å². The van der Waals surface area contributed by atoms with Gasteiger partial charge >= 0.3 is 12.4 Å². The molecule has 0 unspecified atom stereocenters. The summed E-state index contributed by atoms with van der Waals surface area (Å²) in [6, 6.07) is 5.54. The summed E-state index contributed by atoms with van der Waals surface area (Å²) < 4.78 is 86.1. The maximum Gasteiger partial charge on any atom is 0.416 e. The van der Waals surface area contributed by atoms with Gasteiger partial charge in [0.25, 0.3) is 0 Å². The van der Waals surface area contributed by atoms with Crippen molar-refractivity contribution in [2.24, 2.45) is 0 Å². The largest absolute Gasteiger partial charge is 0.453 e. The van der Waals surface area contributed by atoms with Crippen LogP contribution < -0.4 is 10.1 Å². The van der Waals surface area contributed by atoms with Crippen molar-refractivity contribution in [3.8, 4) is 11.5 Å². The van der Waals surface area contributed by atoms with Gasteiger partial charge in [-0.25, -0.2) is 0 Å². The molecule has 0 fully saturated rings. The topological polar surface area (TPSA) is 30.5 Å². The Morgan fingerprint density at radius 1 is 0.767 bits per heavy atom. The molecule has 0 aromatic heterocycles. The van der Waals surface area contributed by atoms with Gasteiger partial charge in [0.05, 0.1) is 35.7 Å². The fraction of sp³-hybridized carbons (Fsp3) is 0.333. The molecule has 0 atom stereocenters. The van der Waals surface area contributed by atoms with Crippen LogP contribution in [0.3, 0.4) is 0 Å². The molecule has 2 aliphatic heterocycles. The number of alkyl halides is 6. The van der Waals surface area contributed by atoms with Gasteiger partial charge in [-0.15, -0.1) is 0 Å². The van der Waals surface area contributed by atoms with E-state index in [1.165, 1.54) is 12.1 Å². The Kier molecular flexibility index (Phi) is 7.77. The van der Waals surface area contributed by atoms with Crippen LogP contribution in [0, 0.1) is 0 Å².